The van der Waals surface area contributed by atoms with Gasteiger partial charge >= 0.3 is 5.97 Å². The Morgan fingerprint density at radius 3 is 3.00 bits per heavy atom. The van der Waals surface area contributed by atoms with Crippen molar-refractivity contribution >= 4 is 11.8 Å². The molecule has 1 aromatic heterocycles. The van der Waals surface area contributed by atoms with Crippen LogP contribution >= 0.6 is 0 Å². The molecule has 0 aliphatic carbocycles. The second-order valence-corrected chi connectivity index (χ2v) is 4.74. The molecule has 1 aromatic rings. The van der Waals surface area contributed by atoms with Crippen LogP contribution in [0, 0.1) is 0 Å². The van der Waals surface area contributed by atoms with Crippen LogP contribution in [0.4, 0.5) is 5.82 Å². The van der Waals surface area contributed by atoms with Gasteiger partial charge in [-0.2, -0.15) is 0 Å². The number of aromatic carboxylic acids is 1. The molecule has 1 unspecified atom stereocenters. The van der Waals surface area contributed by atoms with Crippen molar-refractivity contribution in [3.8, 4) is 0 Å². The van der Waals surface area contributed by atoms with E-state index in [9.17, 15) is 4.79 Å². The molecule has 18 heavy (non-hydrogen) atoms. The SMILES string of the molecule is CN1CCCC(N(C)c2cncc(C(=O)O)n2)C1. The van der Waals surface area contributed by atoms with Crippen LogP contribution < -0.4 is 4.90 Å². The van der Waals surface area contributed by atoms with Gasteiger partial charge in [-0.3, -0.25) is 4.98 Å². The molecule has 6 heteroatoms. The monoisotopic (exact) mass is 250 g/mol. The Bertz CT molecular complexity index is 438. The zero-order valence-corrected chi connectivity index (χ0v) is 10.7. The van der Waals surface area contributed by atoms with Crippen LogP contribution in [0.15, 0.2) is 12.4 Å². The fraction of sp³-hybridized carbons (Fsp3) is 0.583. The molecule has 1 fully saturated rings. The van der Waals surface area contributed by atoms with Crippen molar-refractivity contribution in [2.45, 2.75) is 18.9 Å². The average Bonchev–Trinajstić information content (AvgIpc) is 2.38. The molecule has 1 saturated heterocycles. The van der Waals surface area contributed by atoms with E-state index in [-0.39, 0.29) is 5.69 Å². The average molecular weight is 250 g/mol. The van der Waals surface area contributed by atoms with Crippen molar-refractivity contribution in [3.63, 3.8) is 0 Å². The van der Waals surface area contributed by atoms with Crippen LogP contribution in [0.1, 0.15) is 23.3 Å². The fourth-order valence-electron chi connectivity index (χ4n) is 2.27. The van der Waals surface area contributed by atoms with Gasteiger partial charge in [0.1, 0.15) is 5.82 Å². The van der Waals surface area contributed by atoms with Gasteiger partial charge in [0.2, 0.25) is 0 Å². The number of likely N-dealkylation sites (tertiary alicyclic amines) is 1. The van der Waals surface area contributed by atoms with Gasteiger partial charge in [0.15, 0.2) is 5.69 Å². The van der Waals surface area contributed by atoms with E-state index in [2.05, 4.69) is 21.9 Å². The number of nitrogens with zero attached hydrogens (tertiary/aromatic N) is 4. The lowest BCUT2D eigenvalue weighted by molar-refractivity contribution is 0.0690. The third kappa shape index (κ3) is 2.76. The number of rotatable bonds is 3. The molecule has 0 bridgehead atoms. The van der Waals surface area contributed by atoms with Gasteiger partial charge in [0, 0.05) is 19.6 Å². The highest BCUT2D eigenvalue weighted by Gasteiger charge is 2.22. The quantitative estimate of drug-likeness (QED) is 0.852. The molecule has 0 saturated carbocycles. The lowest BCUT2D eigenvalue weighted by Gasteiger charge is -2.36. The number of carbonyl (C=O) groups is 1. The fourth-order valence-corrected chi connectivity index (χ4v) is 2.27. The Morgan fingerprint density at radius 1 is 1.56 bits per heavy atom. The van der Waals surface area contributed by atoms with Crippen LogP contribution in [0.5, 0.6) is 0 Å². The maximum absolute atomic E-state index is 10.9. The predicted octanol–water partition coefficient (Wildman–Crippen LogP) is 0.705. The summed E-state index contributed by atoms with van der Waals surface area (Å²) in [6.07, 6.45) is 5.13. The Balaban J connectivity index is 2.14. The summed E-state index contributed by atoms with van der Waals surface area (Å²) < 4.78 is 0. The number of carboxylic acids is 1. The van der Waals surface area contributed by atoms with Gasteiger partial charge in [-0.05, 0) is 26.4 Å². The highest BCUT2D eigenvalue weighted by atomic mass is 16.4. The Labute approximate surface area is 106 Å². The largest absolute Gasteiger partial charge is 0.476 e. The van der Waals surface area contributed by atoms with E-state index in [0.717, 1.165) is 25.9 Å². The van der Waals surface area contributed by atoms with Gasteiger partial charge in [-0.15, -0.1) is 0 Å². The third-order valence-electron chi connectivity index (χ3n) is 3.35. The smallest absolute Gasteiger partial charge is 0.356 e. The molecule has 0 spiro atoms. The highest BCUT2D eigenvalue weighted by molar-refractivity contribution is 5.85. The molecule has 0 radical (unpaired) electrons. The zero-order chi connectivity index (χ0) is 13.1. The summed E-state index contributed by atoms with van der Waals surface area (Å²) in [5, 5.41) is 8.91. The molecule has 2 heterocycles. The highest BCUT2D eigenvalue weighted by Crippen LogP contribution is 2.18. The summed E-state index contributed by atoms with van der Waals surface area (Å²) in [4.78, 5) is 23.2. The van der Waals surface area contributed by atoms with Gasteiger partial charge in [-0.25, -0.2) is 9.78 Å². The molecule has 1 N–H and O–H groups in total. The molecule has 0 aromatic carbocycles. The number of hydrogen-bond donors (Lipinski definition) is 1. The van der Waals surface area contributed by atoms with Gasteiger partial charge in [0.25, 0.3) is 0 Å². The van der Waals surface area contributed by atoms with E-state index in [4.69, 9.17) is 5.11 Å². The minimum absolute atomic E-state index is 0.0106. The minimum atomic E-state index is -1.04. The second kappa shape index (κ2) is 5.30. The van der Waals surface area contributed by atoms with Crippen molar-refractivity contribution in [2.75, 3.05) is 32.1 Å². The molecule has 98 valence electrons. The van der Waals surface area contributed by atoms with E-state index < -0.39 is 5.97 Å². The van der Waals surface area contributed by atoms with Crippen molar-refractivity contribution in [3.05, 3.63) is 18.1 Å². The number of carboxylic acid groups (broad SMARTS) is 1. The first-order chi connectivity index (χ1) is 8.58. The molecular formula is C12H18N4O2. The molecule has 1 aliphatic heterocycles. The van der Waals surface area contributed by atoms with Gasteiger partial charge in [0.05, 0.1) is 12.4 Å². The minimum Gasteiger partial charge on any atom is -0.476 e. The maximum atomic E-state index is 10.9. The summed E-state index contributed by atoms with van der Waals surface area (Å²) in [5.74, 6) is -0.422. The van der Waals surface area contributed by atoms with Crippen molar-refractivity contribution in [1.82, 2.24) is 14.9 Å². The molecule has 1 atom stereocenters. The van der Waals surface area contributed by atoms with E-state index in [1.807, 2.05) is 11.9 Å². The normalized spacial score (nSPS) is 20.7. The summed E-state index contributed by atoms with van der Waals surface area (Å²) in [6.45, 7) is 2.08. The van der Waals surface area contributed by atoms with Crippen molar-refractivity contribution < 1.29 is 9.90 Å². The van der Waals surface area contributed by atoms with Crippen molar-refractivity contribution in [2.24, 2.45) is 0 Å². The maximum Gasteiger partial charge on any atom is 0.356 e. The van der Waals surface area contributed by atoms with Crippen LogP contribution in [0.25, 0.3) is 0 Å². The summed E-state index contributed by atoms with van der Waals surface area (Å²) in [6, 6.07) is 0.363. The summed E-state index contributed by atoms with van der Waals surface area (Å²) >= 11 is 0. The topological polar surface area (TPSA) is 69.6 Å². The molecule has 2 rings (SSSR count). The lowest BCUT2D eigenvalue weighted by atomic mass is 10.1. The second-order valence-electron chi connectivity index (χ2n) is 4.74. The first-order valence-corrected chi connectivity index (χ1v) is 6.04. The molecule has 6 nitrogen and oxygen atoms in total. The summed E-state index contributed by atoms with van der Waals surface area (Å²) in [7, 11) is 4.04. The first kappa shape index (κ1) is 12.8. The number of piperidine rings is 1. The number of hydrogen-bond acceptors (Lipinski definition) is 5. The van der Waals surface area contributed by atoms with Crippen LogP contribution in [-0.4, -0.2) is 59.2 Å². The number of likely N-dealkylation sites (N-methyl/N-ethyl adjacent to an activating group) is 2. The van der Waals surface area contributed by atoms with E-state index >= 15 is 0 Å². The number of aromatic nitrogens is 2. The van der Waals surface area contributed by atoms with Crippen LogP contribution in [0.3, 0.4) is 0 Å². The van der Waals surface area contributed by atoms with E-state index in [1.54, 1.807) is 6.20 Å². The van der Waals surface area contributed by atoms with E-state index in [1.165, 1.54) is 6.20 Å². The van der Waals surface area contributed by atoms with E-state index in [0.29, 0.717) is 11.9 Å². The molecule has 1 aliphatic rings. The molecular weight excluding hydrogens is 232 g/mol. The zero-order valence-electron chi connectivity index (χ0n) is 10.7. The van der Waals surface area contributed by atoms with Gasteiger partial charge < -0.3 is 14.9 Å². The van der Waals surface area contributed by atoms with Crippen LogP contribution in [0.2, 0.25) is 0 Å². The third-order valence-corrected chi connectivity index (χ3v) is 3.35. The predicted molar refractivity (Wildman–Crippen MR) is 67.9 cm³/mol. The first-order valence-electron chi connectivity index (χ1n) is 6.04. The Morgan fingerprint density at radius 2 is 2.33 bits per heavy atom. The molecule has 0 amide bonds. The Kier molecular flexibility index (Phi) is 3.76. The van der Waals surface area contributed by atoms with Crippen LogP contribution in [-0.2, 0) is 0 Å². The lowest BCUT2D eigenvalue weighted by Crippen LogP contribution is -2.45. The van der Waals surface area contributed by atoms with Crippen molar-refractivity contribution in [1.29, 1.82) is 0 Å². The van der Waals surface area contributed by atoms with Gasteiger partial charge in [-0.1, -0.05) is 0 Å². The standard InChI is InChI=1S/C12H18N4O2/c1-15-5-3-4-9(8-15)16(2)11-7-13-6-10(14-11)12(17)18/h6-7,9H,3-5,8H2,1-2H3,(H,17,18). The summed E-state index contributed by atoms with van der Waals surface area (Å²) in [5.41, 5.74) is -0.0106. The Hall–Kier alpha value is -1.69. The number of anilines is 1.